The Morgan fingerprint density at radius 1 is 1.07 bits per heavy atom. The summed E-state index contributed by atoms with van der Waals surface area (Å²) in [5.74, 6) is 6.06. The summed E-state index contributed by atoms with van der Waals surface area (Å²) in [5, 5.41) is 9.02. The molecule has 6 nitrogen and oxygen atoms in total. The highest BCUT2D eigenvalue weighted by atomic mass is 32.2. The summed E-state index contributed by atoms with van der Waals surface area (Å²) in [7, 11) is -3.33. The average Bonchev–Trinajstić information content (AvgIpc) is 2.67. The van der Waals surface area contributed by atoms with Crippen LogP contribution in [0.15, 0.2) is 59.6 Å². The molecule has 0 bridgehead atoms. The predicted octanol–water partition coefficient (Wildman–Crippen LogP) is 3.01. The van der Waals surface area contributed by atoms with Crippen LogP contribution in [-0.4, -0.2) is 28.7 Å². The van der Waals surface area contributed by atoms with E-state index in [1.165, 1.54) is 12.3 Å². The molecule has 142 valence electrons. The summed E-state index contributed by atoms with van der Waals surface area (Å²) in [6, 6.07) is 13.0. The average molecular weight is 393 g/mol. The number of nitrogen functional groups attached to an aromatic ring is 1. The van der Waals surface area contributed by atoms with Crippen LogP contribution in [0.2, 0.25) is 0 Å². The Labute approximate surface area is 164 Å². The van der Waals surface area contributed by atoms with Crippen molar-refractivity contribution in [2.45, 2.75) is 24.0 Å². The van der Waals surface area contributed by atoms with Crippen LogP contribution in [0, 0.1) is 11.8 Å². The molecule has 3 rings (SSSR count). The normalized spacial score (nSPS) is 11.1. The molecule has 0 aliphatic rings. The second-order valence-electron chi connectivity index (χ2n) is 6.41. The molecule has 28 heavy (non-hydrogen) atoms. The van der Waals surface area contributed by atoms with Crippen molar-refractivity contribution in [2.75, 3.05) is 5.73 Å². The van der Waals surface area contributed by atoms with Crippen LogP contribution < -0.4 is 5.73 Å². The van der Waals surface area contributed by atoms with Gasteiger partial charge in [0.2, 0.25) is 0 Å². The number of hydrogen-bond donors (Lipinski definition) is 2. The van der Waals surface area contributed by atoms with Crippen LogP contribution in [0.5, 0.6) is 5.75 Å². The maximum atomic E-state index is 12.2. The molecule has 0 aliphatic heterocycles. The molecule has 0 amide bonds. The summed E-state index contributed by atoms with van der Waals surface area (Å²) in [4.78, 5) is 8.83. The van der Waals surface area contributed by atoms with E-state index in [4.69, 9.17) is 5.73 Å². The topological polar surface area (TPSA) is 106 Å². The second kappa shape index (κ2) is 7.71. The minimum atomic E-state index is -3.33. The van der Waals surface area contributed by atoms with E-state index in [2.05, 4.69) is 21.8 Å². The second-order valence-corrected chi connectivity index (χ2v) is 8.91. The summed E-state index contributed by atoms with van der Waals surface area (Å²) in [6.45, 7) is 3.29. The molecule has 7 heteroatoms. The van der Waals surface area contributed by atoms with E-state index >= 15 is 0 Å². The minimum absolute atomic E-state index is 0.121. The molecule has 0 radical (unpaired) electrons. The summed E-state index contributed by atoms with van der Waals surface area (Å²) in [5.41, 5.74) is 8.03. The van der Waals surface area contributed by atoms with Crippen molar-refractivity contribution in [3.63, 3.8) is 0 Å². The van der Waals surface area contributed by atoms with E-state index in [0.717, 1.165) is 0 Å². The SMILES string of the molecule is CC(C)S(=O)(=O)c1ccc(-c2cnc(N)c(C#Cc3cccc(O)c3)n2)cc1. The number of nitrogens with two attached hydrogens (primary N) is 1. The number of phenols is 1. The Balaban J connectivity index is 1.94. The van der Waals surface area contributed by atoms with Crippen molar-refractivity contribution in [1.29, 1.82) is 0 Å². The van der Waals surface area contributed by atoms with Gasteiger partial charge in [-0.3, -0.25) is 0 Å². The van der Waals surface area contributed by atoms with E-state index < -0.39 is 15.1 Å². The number of benzene rings is 2. The third-order valence-electron chi connectivity index (χ3n) is 4.07. The molecule has 3 N–H and O–H groups in total. The highest BCUT2D eigenvalue weighted by molar-refractivity contribution is 7.92. The highest BCUT2D eigenvalue weighted by Crippen LogP contribution is 2.22. The number of nitrogens with zero attached hydrogens (tertiary/aromatic N) is 2. The van der Waals surface area contributed by atoms with E-state index in [1.807, 2.05) is 0 Å². The Kier molecular flexibility index (Phi) is 5.34. The van der Waals surface area contributed by atoms with E-state index in [0.29, 0.717) is 22.5 Å². The third-order valence-corrected chi connectivity index (χ3v) is 6.24. The van der Waals surface area contributed by atoms with Crippen molar-refractivity contribution >= 4 is 15.7 Å². The monoisotopic (exact) mass is 393 g/mol. The lowest BCUT2D eigenvalue weighted by Crippen LogP contribution is -2.13. The number of sulfone groups is 1. The molecule has 0 aliphatic carbocycles. The number of aromatic nitrogens is 2. The van der Waals surface area contributed by atoms with Gasteiger partial charge in [0.05, 0.1) is 22.0 Å². The van der Waals surface area contributed by atoms with Crippen LogP contribution in [0.4, 0.5) is 5.82 Å². The molecular weight excluding hydrogens is 374 g/mol. The molecule has 0 spiro atoms. The van der Waals surface area contributed by atoms with Crippen LogP contribution in [0.3, 0.4) is 0 Å². The molecule has 3 aromatic rings. The zero-order valence-electron chi connectivity index (χ0n) is 15.4. The zero-order chi connectivity index (χ0) is 20.3. The number of rotatable bonds is 3. The van der Waals surface area contributed by atoms with Gasteiger partial charge in [0, 0.05) is 11.1 Å². The Hall–Kier alpha value is -3.37. The van der Waals surface area contributed by atoms with Gasteiger partial charge in [-0.15, -0.1) is 0 Å². The number of anilines is 1. The first-order chi connectivity index (χ1) is 13.3. The Morgan fingerprint density at radius 3 is 2.43 bits per heavy atom. The van der Waals surface area contributed by atoms with Crippen LogP contribution in [0.25, 0.3) is 11.3 Å². The van der Waals surface area contributed by atoms with Crippen LogP contribution in [0.1, 0.15) is 25.1 Å². The number of phenolic OH excluding ortho intramolecular Hbond substituents is 1. The minimum Gasteiger partial charge on any atom is -0.508 e. The van der Waals surface area contributed by atoms with Gasteiger partial charge >= 0.3 is 0 Å². The molecule has 0 fully saturated rings. The van der Waals surface area contributed by atoms with Crippen molar-refractivity contribution in [3.05, 3.63) is 66.0 Å². The van der Waals surface area contributed by atoms with Gasteiger partial charge in [-0.1, -0.05) is 24.1 Å². The molecular formula is C21H19N3O3S. The van der Waals surface area contributed by atoms with E-state index in [-0.39, 0.29) is 16.5 Å². The fourth-order valence-corrected chi connectivity index (χ4v) is 3.49. The van der Waals surface area contributed by atoms with Gasteiger partial charge in [0.15, 0.2) is 21.3 Å². The van der Waals surface area contributed by atoms with Gasteiger partial charge in [0.25, 0.3) is 0 Å². The first-order valence-electron chi connectivity index (χ1n) is 8.55. The van der Waals surface area contributed by atoms with Gasteiger partial charge in [-0.25, -0.2) is 18.4 Å². The lowest BCUT2D eigenvalue weighted by atomic mass is 10.1. The van der Waals surface area contributed by atoms with E-state index in [1.54, 1.807) is 56.3 Å². The molecule has 0 unspecified atom stereocenters. The lowest BCUT2D eigenvalue weighted by Gasteiger charge is -2.08. The summed E-state index contributed by atoms with van der Waals surface area (Å²) < 4.78 is 24.5. The standard InChI is InChI=1S/C21H19N3O3S/c1-14(2)28(26,27)18-9-7-16(8-10-18)20-13-23-21(22)19(24-20)11-6-15-4-3-5-17(25)12-15/h3-5,7-10,12-14,25H,1-2H3,(H2,22,23). The predicted molar refractivity (Wildman–Crippen MR) is 108 cm³/mol. The molecule has 0 saturated heterocycles. The van der Waals surface area contributed by atoms with Crippen LogP contribution in [-0.2, 0) is 9.84 Å². The maximum absolute atomic E-state index is 12.2. The highest BCUT2D eigenvalue weighted by Gasteiger charge is 2.19. The first kappa shape index (κ1) is 19.4. The van der Waals surface area contributed by atoms with Gasteiger partial charge in [-0.05, 0) is 50.1 Å². The van der Waals surface area contributed by atoms with Crippen molar-refractivity contribution in [1.82, 2.24) is 9.97 Å². The molecule has 2 aromatic carbocycles. The molecule has 0 saturated carbocycles. The van der Waals surface area contributed by atoms with Crippen molar-refractivity contribution in [2.24, 2.45) is 0 Å². The third kappa shape index (κ3) is 4.13. The van der Waals surface area contributed by atoms with Gasteiger partial charge in [-0.2, -0.15) is 0 Å². The van der Waals surface area contributed by atoms with Crippen molar-refractivity contribution in [3.8, 4) is 28.8 Å². The quantitative estimate of drug-likeness (QED) is 0.663. The van der Waals surface area contributed by atoms with Gasteiger partial charge < -0.3 is 10.8 Å². The molecule has 1 aromatic heterocycles. The largest absolute Gasteiger partial charge is 0.508 e. The molecule has 0 atom stereocenters. The maximum Gasteiger partial charge on any atom is 0.180 e. The number of aromatic hydroxyl groups is 1. The summed E-state index contributed by atoms with van der Waals surface area (Å²) >= 11 is 0. The van der Waals surface area contributed by atoms with Crippen molar-refractivity contribution < 1.29 is 13.5 Å². The lowest BCUT2D eigenvalue weighted by molar-refractivity contribution is 0.475. The fraction of sp³-hybridized carbons (Fsp3) is 0.143. The fourth-order valence-electron chi connectivity index (χ4n) is 2.43. The number of hydrogen-bond acceptors (Lipinski definition) is 6. The zero-order valence-corrected chi connectivity index (χ0v) is 16.2. The Bertz CT molecular complexity index is 1180. The smallest absolute Gasteiger partial charge is 0.180 e. The van der Waals surface area contributed by atoms with Gasteiger partial charge in [0.1, 0.15) is 5.75 Å². The summed E-state index contributed by atoms with van der Waals surface area (Å²) in [6.07, 6.45) is 1.51. The molecule has 1 heterocycles. The Morgan fingerprint density at radius 2 is 1.79 bits per heavy atom. The van der Waals surface area contributed by atoms with Crippen LogP contribution >= 0.6 is 0 Å². The van der Waals surface area contributed by atoms with E-state index in [9.17, 15) is 13.5 Å². The first-order valence-corrected chi connectivity index (χ1v) is 10.1.